The zero-order valence-corrected chi connectivity index (χ0v) is 14.0. The summed E-state index contributed by atoms with van der Waals surface area (Å²) in [7, 11) is 4.90. The Morgan fingerprint density at radius 1 is 1.13 bits per heavy atom. The van der Waals surface area contributed by atoms with Crippen LogP contribution in [-0.2, 0) is 9.59 Å². The van der Waals surface area contributed by atoms with Gasteiger partial charge in [0.2, 0.25) is 11.8 Å². The number of nitro groups is 1. The molecule has 0 aliphatic carbocycles. The van der Waals surface area contributed by atoms with Crippen molar-refractivity contribution in [3.8, 4) is 0 Å². The summed E-state index contributed by atoms with van der Waals surface area (Å²) in [4.78, 5) is 37.2. The normalized spacial score (nSPS) is 10.5. The second-order valence-electron chi connectivity index (χ2n) is 5.72. The maximum absolute atomic E-state index is 12.0. The third kappa shape index (κ3) is 5.33. The van der Waals surface area contributed by atoms with Gasteiger partial charge < -0.3 is 10.2 Å². The molecule has 0 fully saturated rings. The van der Waals surface area contributed by atoms with E-state index < -0.39 is 10.8 Å². The highest BCUT2D eigenvalue weighted by Gasteiger charge is 2.19. The largest absolute Gasteiger partial charge is 0.348 e. The number of nitro benzene ring substituents is 1. The fourth-order valence-electron chi connectivity index (χ4n) is 1.92. The highest BCUT2D eigenvalue weighted by atomic mass is 16.6. The van der Waals surface area contributed by atoms with Gasteiger partial charge in [0, 0.05) is 20.2 Å². The first-order valence-corrected chi connectivity index (χ1v) is 7.06. The number of hydrogen-bond donors (Lipinski definition) is 1. The Kier molecular flexibility index (Phi) is 6.20. The molecule has 8 nitrogen and oxygen atoms in total. The molecule has 0 aliphatic heterocycles. The van der Waals surface area contributed by atoms with Gasteiger partial charge in [0.25, 0.3) is 5.69 Å². The smallest absolute Gasteiger partial charge is 0.293 e. The molecule has 0 saturated carbocycles. The van der Waals surface area contributed by atoms with Crippen LogP contribution in [0.3, 0.4) is 0 Å². The van der Waals surface area contributed by atoms with Crippen LogP contribution in [0.25, 0.3) is 0 Å². The van der Waals surface area contributed by atoms with E-state index in [9.17, 15) is 19.7 Å². The molecule has 0 aromatic heterocycles. The second-order valence-corrected chi connectivity index (χ2v) is 5.72. The van der Waals surface area contributed by atoms with E-state index in [1.54, 1.807) is 39.0 Å². The molecule has 0 aliphatic rings. The molecule has 1 aromatic rings. The molecule has 0 radical (unpaired) electrons. The van der Waals surface area contributed by atoms with Crippen LogP contribution in [0.15, 0.2) is 12.1 Å². The van der Waals surface area contributed by atoms with E-state index in [0.717, 1.165) is 11.1 Å². The highest BCUT2D eigenvalue weighted by molar-refractivity contribution is 5.95. The highest BCUT2D eigenvalue weighted by Crippen LogP contribution is 2.27. The minimum absolute atomic E-state index is 0.0380. The number of nitrogens with one attached hydrogen (secondary N) is 1. The Balaban J connectivity index is 2.80. The first-order valence-electron chi connectivity index (χ1n) is 7.06. The van der Waals surface area contributed by atoms with Crippen molar-refractivity contribution in [1.82, 2.24) is 9.80 Å². The number of amides is 2. The molecule has 0 bridgehead atoms. The van der Waals surface area contributed by atoms with Crippen molar-refractivity contribution in [2.24, 2.45) is 0 Å². The summed E-state index contributed by atoms with van der Waals surface area (Å²) < 4.78 is 0. The minimum Gasteiger partial charge on any atom is -0.348 e. The lowest BCUT2D eigenvalue weighted by molar-refractivity contribution is -0.384. The quantitative estimate of drug-likeness (QED) is 0.626. The van der Waals surface area contributed by atoms with Crippen LogP contribution in [0.1, 0.15) is 11.1 Å². The maximum Gasteiger partial charge on any atom is 0.293 e. The van der Waals surface area contributed by atoms with E-state index in [0.29, 0.717) is 0 Å². The van der Waals surface area contributed by atoms with Crippen molar-refractivity contribution >= 4 is 23.2 Å². The van der Waals surface area contributed by atoms with Gasteiger partial charge in [-0.05, 0) is 38.1 Å². The van der Waals surface area contributed by atoms with E-state index in [4.69, 9.17) is 0 Å². The summed E-state index contributed by atoms with van der Waals surface area (Å²) in [5.41, 5.74) is 1.65. The summed E-state index contributed by atoms with van der Waals surface area (Å²) in [6, 6.07) is 3.01. The van der Waals surface area contributed by atoms with Gasteiger partial charge in [-0.15, -0.1) is 0 Å². The molecular formula is C15H22N4O4. The molecule has 2 amide bonds. The van der Waals surface area contributed by atoms with Crippen molar-refractivity contribution in [2.75, 3.05) is 39.5 Å². The lowest BCUT2D eigenvalue weighted by atomic mass is 10.1. The van der Waals surface area contributed by atoms with Crippen molar-refractivity contribution in [3.05, 3.63) is 33.4 Å². The number of anilines is 1. The van der Waals surface area contributed by atoms with Crippen LogP contribution in [0.4, 0.5) is 11.4 Å². The molecule has 0 saturated heterocycles. The van der Waals surface area contributed by atoms with Crippen molar-refractivity contribution in [2.45, 2.75) is 13.8 Å². The van der Waals surface area contributed by atoms with E-state index in [-0.39, 0.29) is 30.4 Å². The number of aryl methyl sites for hydroxylation is 2. The number of carbonyl (C=O) groups excluding carboxylic acids is 2. The fraction of sp³-hybridized carbons (Fsp3) is 0.467. The zero-order valence-electron chi connectivity index (χ0n) is 14.0. The Hall–Kier alpha value is -2.48. The molecule has 0 atom stereocenters. The fourth-order valence-corrected chi connectivity index (χ4v) is 1.92. The molecule has 1 rings (SSSR count). The van der Waals surface area contributed by atoms with Gasteiger partial charge in [-0.3, -0.25) is 24.6 Å². The first kappa shape index (κ1) is 18.6. The predicted octanol–water partition coefficient (Wildman–Crippen LogP) is 1.17. The third-order valence-corrected chi connectivity index (χ3v) is 3.40. The number of carbonyl (C=O) groups is 2. The van der Waals surface area contributed by atoms with E-state index in [1.807, 2.05) is 6.92 Å². The average Bonchev–Trinajstić information content (AvgIpc) is 2.41. The summed E-state index contributed by atoms with van der Waals surface area (Å²) in [6.07, 6.45) is 0. The lowest BCUT2D eigenvalue weighted by Crippen LogP contribution is -2.38. The predicted molar refractivity (Wildman–Crippen MR) is 87.4 cm³/mol. The van der Waals surface area contributed by atoms with Gasteiger partial charge in [-0.25, -0.2) is 0 Å². The van der Waals surface area contributed by atoms with Crippen LogP contribution in [0.5, 0.6) is 0 Å². The lowest BCUT2D eigenvalue weighted by Gasteiger charge is -2.18. The molecule has 0 heterocycles. The summed E-state index contributed by atoms with van der Waals surface area (Å²) in [5.74, 6) is -0.539. The van der Waals surface area contributed by atoms with E-state index in [2.05, 4.69) is 5.32 Å². The Morgan fingerprint density at radius 2 is 1.70 bits per heavy atom. The van der Waals surface area contributed by atoms with Crippen molar-refractivity contribution in [1.29, 1.82) is 0 Å². The average molecular weight is 322 g/mol. The number of likely N-dealkylation sites (N-methyl/N-ethyl adjacent to an activating group) is 2. The van der Waals surface area contributed by atoms with Crippen LogP contribution >= 0.6 is 0 Å². The van der Waals surface area contributed by atoms with Crippen molar-refractivity contribution < 1.29 is 14.5 Å². The zero-order chi connectivity index (χ0) is 17.7. The summed E-state index contributed by atoms with van der Waals surface area (Å²) >= 11 is 0. The van der Waals surface area contributed by atoms with Gasteiger partial charge in [-0.2, -0.15) is 0 Å². The minimum atomic E-state index is -0.526. The Labute approximate surface area is 135 Å². The molecule has 126 valence electrons. The SMILES string of the molecule is Cc1cc(NC(=O)CN(C)CC(=O)N(C)C)c([N+](=O)[O-])cc1C. The molecule has 0 spiro atoms. The van der Waals surface area contributed by atoms with Crippen molar-refractivity contribution in [3.63, 3.8) is 0 Å². The van der Waals surface area contributed by atoms with Gasteiger partial charge in [0.05, 0.1) is 18.0 Å². The van der Waals surface area contributed by atoms with E-state index >= 15 is 0 Å². The van der Waals surface area contributed by atoms with Crippen LogP contribution in [0.2, 0.25) is 0 Å². The number of hydrogen-bond acceptors (Lipinski definition) is 5. The molecular weight excluding hydrogens is 300 g/mol. The third-order valence-electron chi connectivity index (χ3n) is 3.40. The van der Waals surface area contributed by atoms with E-state index in [1.165, 1.54) is 11.0 Å². The van der Waals surface area contributed by atoms with Crippen LogP contribution in [-0.4, -0.2) is 60.8 Å². The molecule has 0 unspecified atom stereocenters. The monoisotopic (exact) mass is 322 g/mol. The molecule has 8 heteroatoms. The van der Waals surface area contributed by atoms with Gasteiger partial charge >= 0.3 is 0 Å². The summed E-state index contributed by atoms with van der Waals surface area (Å²) in [6.45, 7) is 3.64. The molecule has 1 N–H and O–H groups in total. The van der Waals surface area contributed by atoms with Gasteiger partial charge in [0.1, 0.15) is 5.69 Å². The summed E-state index contributed by atoms with van der Waals surface area (Å²) in [5, 5.41) is 13.6. The number of benzene rings is 1. The topological polar surface area (TPSA) is 95.8 Å². The van der Waals surface area contributed by atoms with Crippen LogP contribution < -0.4 is 5.32 Å². The number of rotatable bonds is 6. The maximum atomic E-state index is 12.0. The Morgan fingerprint density at radius 3 is 2.22 bits per heavy atom. The number of nitrogens with zero attached hydrogens (tertiary/aromatic N) is 3. The first-order chi connectivity index (χ1) is 10.6. The van der Waals surface area contributed by atoms with Crippen LogP contribution in [0, 0.1) is 24.0 Å². The standard InChI is InChI=1S/C15H22N4O4/c1-10-6-12(13(19(22)23)7-11(10)2)16-14(20)8-18(5)9-15(21)17(3)4/h6-7H,8-9H2,1-5H3,(H,16,20). The molecule has 1 aromatic carbocycles. The molecule has 23 heavy (non-hydrogen) atoms. The Bertz CT molecular complexity index is 628. The second kappa shape index (κ2) is 7.68. The van der Waals surface area contributed by atoms with Gasteiger partial charge in [-0.1, -0.05) is 0 Å². The van der Waals surface area contributed by atoms with Gasteiger partial charge in [0.15, 0.2) is 0 Å².